The van der Waals surface area contributed by atoms with Gasteiger partial charge in [-0.2, -0.15) is 0 Å². The number of aromatic nitrogens is 1. The predicted octanol–water partition coefficient (Wildman–Crippen LogP) is 4.59. The molecule has 1 amide bonds. The van der Waals surface area contributed by atoms with Crippen LogP contribution in [0, 0.1) is 0 Å². The van der Waals surface area contributed by atoms with Crippen LogP contribution >= 0.6 is 11.3 Å². The Hall–Kier alpha value is -2.86. The number of primary amides is 1. The van der Waals surface area contributed by atoms with E-state index in [0.717, 1.165) is 21.8 Å². The van der Waals surface area contributed by atoms with Crippen molar-refractivity contribution >= 4 is 17.2 Å². The zero-order valence-corrected chi connectivity index (χ0v) is 15.5. The molecular weight excluding hydrogens is 348 g/mol. The number of amides is 1. The molecule has 0 saturated heterocycles. The molecule has 3 aromatic rings. The molecule has 0 unspecified atom stereocenters. The van der Waals surface area contributed by atoms with Crippen LogP contribution in [0.1, 0.15) is 24.8 Å². The summed E-state index contributed by atoms with van der Waals surface area (Å²) in [6.45, 7) is 1.99. The lowest BCUT2D eigenvalue weighted by molar-refractivity contribution is -0.118. The number of hydrogen-bond acceptors (Lipinski definition) is 5. The van der Waals surface area contributed by atoms with E-state index in [0.29, 0.717) is 17.4 Å². The van der Waals surface area contributed by atoms with Gasteiger partial charge in [0.15, 0.2) is 0 Å². The minimum atomic E-state index is -0.288. The molecule has 1 atom stereocenters. The number of benzene rings is 2. The highest BCUT2D eigenvalue weighted by molar-refractivity contribution is 7.16. The van der Waals surface area contributed by atoms with Crippen LogP contribution in [0.4, 0.5) is 0 Å². The van der Waals surface area contributed by atoms with E-state index in [1.54, 1.807) is 13.3 Å². The third-order valence-corrected chi connectivity index (χ3v) is 4.95. The summed E-state index contributed by atoms with van der Waals surface area (Å²) in [7, 11) is 1.63. The maximum absolute atomic E-state index is 11.1. The van der Waals surface area contributed by atoms with Gasteiger partial charge in [-0.25, -0.2) is 4.98 Å². The van der Waals surface area contributed by atoms with E-state index in [1.807, 2.05) is 55.5 Å². The first-order valence-electron chi connectivity index (χ1n) is 8.21. The van der Waals surface area contributed by atoms with Crippen LogP contribution in [0.5, 0.6) is 16.7 Å². The van der Waals surface area contributed by atoms with E-state index >= 15 is 0 Å². The summed E-state index contributed by atoms with van der Waals surface area (Å²) in [6, 6.07) is 15.5. The molecular formula is C20H20N2O3S. The van der Waals surface area contributed by atoms with E-state index in [2.05, 4.69) is 4.98 Å². The molecule has 0 fully saturated rings. The maximum Gasteiger partial charge on any atom is 0.279 e. The zero-order chi connectivity index (χ0) is 18.5. The van der Waals surface area contributed by atoms with Gasteiger partial charge in [-0.05, 0) is 41.3 Å². The fraction of sp³-hybridized carbons (Fsp3) is 0.200. The fourth-order valence-electron chi connectivity index (χ4n) is 2.58. The molecule has 0 spiro atoms. The van der Waals surface area contributed by atoms with Crippen molar-refractivity contribution < 1.29 is 14.3 Å². The second-order valence-electron chi connectivity index (χ2n) is 5.96. The van der Waals surface area contributed by atoms with Crippen molar-refractivity contribution in [2.75, 3.05) is 7.11 Å². The number of nitrogens with zero attached hydrogens (tertiary/aromatic N) is 1. The molecule has 0 aliphatic carbocycles. The van der Waals surface area contributed by atoms with Crippen molar-refractivity contribution in [1.29, 1.82) is 0 Å². The number of rotatable bonds is 7. The van der Waals surface area contributed by atoms with Gasteiger partial charge >= 0.3 is 0 Å². The summed E-state index contributed by atoms with van der Waals surface area (Å²) in [5.41, 5.74) is 7.41. The van der Waals surface area contributed by atoms with Gasteiger partial charge in [-0.3, -0.25) is 4.79 Å². The molecule has 0 aliphatic rings. The Kier molecular flexibility index (Phi) is 5.53. The highest BCUT2D eigenvalue weighted by atomic mass is 32.1. The first-order chi connectivity index (χ1) is 12.5. The summed E-state index contributed by atoms with van der Waals surface area (Å²) in [5, 5.41) is 0.580. The maximum atomic E-state index is 11.1. The molecule has 2 N–H and O–H groups in total. The summed E-state index contributed by atoms with van der Waals surface area (Å²) in [5.74, 6) is 1.31. The van der Waals surface area contributed by atoms with Crippen molar-refractivity contribution in [3.63, 3.8) is 0 Å². The number of carbonyl (C=O) groups excluding carboxylic acids is 1. The normalized spacial score (nSPS) is 11.8. The quantitative estimate of drug-likeness (QED) is 0.662. The average molecular weight is 368 g/mol. The first-order valence-corrected chi connectivity index (χ1v) is 9.03. The Balaban J connectivity index is 1.69. The summed E-state index contributed by atoms with van der Waals surface area (Å²) in [4.78, 5) is 16.4. The van der Waals surface area contributed by atoms with E-state index in [-0.39, 0.29) is 11.8 Å². The van der Waals surface area contributed by atoms with Gasteiger partial charge in [-0.1, -0.05) is 42.5 Å². The minimum absolute atomic E-state index is 0.108. The highest BCUT2D eigenvalue weighted by Gasteiger charge is 2.11. The third kappa shape index (κ3) is 4.40. The molecule has 6 heteroatoms. The van der Waals surface area contributed by atoms with Crippen LogP contribution in [0.25, 0.3) is 10.4 Å². The van der Waals surface area contributed by atoms with Crippen molar-refractivity contribution in [2.45, 2.75) is 19.3 Å². The number of hydrogen-bond donors (Lipinski definition) is 1. The van der Waals surface area contributed by atoms with Crippen molar-refractivity contribution in [3.8, 4) is 27.1 Å². The van der Waals surface area contributed by atoms with Crippen molar-refractivity contribution in [1.82, 2.24) is 4.98 Å². The molecule has 1 heterocycles. The molecule has 5 nitrogen and oxygen atoms in total. The lowest BCUT2D eigenvalue weighted by Crippen LogP contribution is -2.13. The Bertz CT molecular complexity index is 873. The number of nitrogens with two attached hydrogens (primary N) is 1. The molecule has 0 bridgehead atoms. The summed E-state index contributed by atoms with van der Waals surface area (Å²) < 4.78 is 10.9. The van der Waals surface area contributed by atoms with Gasteiger partial charge < -0.3 is 15.2 Å². The molecule has 134 valence electrons. The zero-order valence-electron chi connectivity index (χ0n) is 14.6. The standard InChI is InChI=1S/C20H20N2O3S/c1-13(11-19(21)23)14-3-5-15(6-4-14)18-12-22-20(26-18)25-17-9-7-16(24-2)8-10-17/h3-10,12-13H,11H2,1-2H3,(H2,21,23)/t13-/m1/s1. The van der Waals surface area contributed by atoms with Gasteiger partial charge in [0.1, 0.15) is 11.5 Å². The molecule has 3 rings (SSSR count). The number of ether oxygens (including phenoxy) is 2. The van der Waals surface area contributed by atoms with Gasteiger partial charge in [0.05, 0.1) is 12.0 Å². The van der Waals surface area contributed by atoms with Crippen LogP contribution in [-0.4, -0.2) is 18.0 Å². The number of methoxy groups -OCH3 is 1. The number of thiazole rings is 1. The second-order valence-corrected chi connectivity index (χ2v) is 6.95. The average Bonchev–Trinajstić information content (AvgIpc) is 3.10. The topological polar surface area (TPSA) is 74.4 Å². The Morgan fingerprint density at radius 2 is 1.77 bits per heavy atom. The number of carbonyl (C=O) groups is 1. The smallest absolute Gasteiger partial charge is 0.279 e. The Morgan fingerprint density at radius 1 is 1.12 bits per heavy atom. The SMILES string of the molecule is COc1ccc(Oc2ncc(-c3ccc([C@H](C)CC(N)=O)cc3)s2)cc1. The lowest BCUT2D eigenvalue weighted by atomic mass is 9.96. The molecule has 26 heavy (non-hydrogen) atoms. The minimum Gasteiger partial charge on any atom is -0.497 e. The monoisotopic (exact) mass is 368 g/mol. The molecule has 0 aliphatic heterocycles. The molecule has 0 radical (unpaired) electrons. The third-order valence-electron chi connectivity index (χ3n) is 4.02. The molecule has 2 aromatic carbocycles. The van der Waals surface area contributed by atoms with Gasteiger partial charge in [0.2, 0.25) is 5.91 Å². The fourth-order valence-corrected chi connectivity index (χ4v) is 3.37. The van der Waals surface area contributed by atoms with E-state index in [4.69, 9.17) is 15.2 Å². The van der Waals surface area contributed by atoms with Gasteiger partial charge in [0, 0.05) is 12.6 Å². The predicted molar refractivity (Wildman–Crippen MR) is 103 cm³/mol. The van der Waals surface area contributed by atoms with E-state index in [1.165, 1.54) is 11.3 Å². The van der Waals surface area contributed by atoms with Crippen LogP contribution < -0.4 is 15.2 Å². The molecule has 0 saturated carbocycles. The van der Waals surface area contributed by atoms with Crippen molar-refractivity contribution in [3.05, 3.63) is 60.3 Å². The van der Waals surface area contributed by atoms with Crippen LogP contribution in [-0.2, 0) is 4.79 Å². The Morgan fingerprint density at radius 3 is 2.38 bits per heavy atom. The molecule has 1 aromatic heterocycles. The van der Waals surface area contributed by atoms with Crippen LogP contribution in [0.3, 0.4) is 0 Å². The van der Waals surface area contributed by atoms with E-state index in [9.17, 15) is 4.79 Å². The van der Waals surface area contributed by atoms with E-state index < -0.39 is 0 Å². The highest BCUT2D eigenvalue weighted by Crippen LogP contribution is 2.34. The lowest BCUT2D eigenvalue weighted by Gasteiger charge is -2.09. The Labute approximate surface area is 156 Å². The van der Waals surface area contributed by atoms with Gasteiger partial charge in [-0.15, -0.1) is 0 Å². The first kappa shape index (κ1) is 17.9. The second kappa shape index (κ2) is 8.01. The van der Waals surface area contributed by atoms with Crippen molar-refractivity contribution in [2.24, 2.45) is 5.73 Å². The van der Waals surface area contributed by atoms with Crippen LogP contribution in [0.15, 0.2) is 54.7 Å². The van der Waals surface area contributed by atoms with Gasteiger partial charge in [0.25, 0.3) is 5.19 Å². The largest absolute Gasteiger partial charge is 0.497 e. The van der Waals surface area contributed by atoms with Crippen LogP contribution in [0.2, 0.25) is 0 Å². The summed E-state index contributed by atoms with van der Waals surface area (Å²) in [6.07, 6.45) is 2.14. The summed E-state index contributed by atoms with van der Waals surface area (Å²) >= 11 is 1.48.